The Kier molecular flexibility index (Phi) is 5.04. The zero-order valence-corrected chi connectivity index (χ0v) is 15.8. The Balaban J connectivity index is 1.67. The Labute approximate surface area is 158 Å². The van der Waals surface area contributed by atoms with E-state index in [-0.39, 0.29) is 16.3 Å². The van der Waals surface area contributed by atoms with E-state index in [0.29, 0.717) is 5.69 Å². The number of fused-ring (bicyclic) bond motifs is 1. The highest BCUT2D eigenvalue weighted by Gasteiger charge is 2.37. The van der Waals surface area contributed by atoms with Gasteiger partial charge in [-0.15, -0.1) is 0 Å². The summed E-state index contributed by atoms with van der Waals surface area (Å²) in [4.78, 5) is 2.16. The predicted octanol–water partition coefficient (Wildman–Crippen LogP) is 4.41. The minimum Gasteiger partial charge on any atom is -0.347 e. The average molecular weight is 368 g/mol. The third-order valence-corrected chi connectivity index (χ3v) is 4.73. The Morgan fingerprint density at radius 1 is 1.15 bits per heavy atom. The van der Waals surface area contributed by atoms with Gasteiger partial charge in [-0.1, -0.05) is 44.2 Å². The molecule has 6 heteroatoms. The molecule has 1 aliphatic heterocycles. The molecule has 0 unspecified atom stereocenters. The molecule has 0 fully saturated rings. The Morgan fingerprint density at radius 2 is 1.85 bits per heavy atom. The molecular formula is C20H21FN4S. The molecule has 0 saturated carbocycles. The number of rotatable bonds is 3. The number of para-hydroxylation sites is 2. The van der Waals surface area contributed by atoms with E-state index >= 15 is 0 Å². The molecule has 2 aromatic carbocycles. The molecule has 0 amide bonds. The van der Waals surface area contributed by atoms with Gasteiger partial charge in [0.05, 0.1) is 5.69 Å². The van der Waals surface area contributed by atoms with Crippen molar-refractivity contribution in [3.05, 3.63) is 71.7 Å². The molecule has 2 aromatic rings. The summed E-state index contributed by atoms with van der Waals surface area (Å²) in [5.41, 5.74) is 6.53. The van der Waals surface area contributed by atoms with E-state index in [1.165, 1.54) is 17.3 Å². The van der Waals surface area contributed by atoms with E-state index in [2.05, 4.69) is 52.8 Å². The molecule has 26 heavy (non-hydrogen) atoms. The summed E-state index contributed by atoms with van der Waals surface area (Å²) in [5, 5.41) is 7.13. The van der Waals surface area contributed by atoms with Crippen molar-refractivity contribution in [2.45, 2.75) is 19.3 Å². The number of likely N-dealkylation sites (N-methyl/N-ethyl adjacent to an activating group) is 1. The smallest absolute Gasteiger partial charge is 0.191 e. The molecule has 1 aliphatic rings. The number of thiocarbonyl (C=S) groups is 1. The quantitative estimate of drug-likeness (QED) is 0.478. The maximum absolute atomic E-state index is 13.6. The first-order valence-electron chi connectivity index (χ1n) is 8.30. The summed E-state index contributed by atoms with van der Waals surface area (Å²) in [6.07, 6.45) is 3.62. The van der Waals surface area contributed by atoms with Gasteiger partial charge in [0.15, 0.2) is 5.11 Å². The Hall–Kier alpha value is -2.73. The molecule has 0 spiro atoms. The van der Waals surface area contributed by atoms with E-state index in [4.69, 9.17) is 12.2 Å². The Bertz CT molecular complexity index is 889. The van der Waals surface area contributed by atoms with Crippen LogP contribution in [0.2, 0.25) is 0 Å². The molecule has 0 saturated heterocycles. The minimum absolute atomic E-state index is 0.108. The molecule has 1 heterocycles. The highest BCUT2D eigenvalue weighted by atomic mass is 32.1. The van der Waals surface area contributed by atoms with Crippen molar-refractivity contribution in [1.82, 2.24) is 5.43 Å². The fraction of sp³-hybridized carbons (Fsp3) is 0.200. The molecule has 0 radical (unpaired) electrons. The number of nitrogens with one attached hydrogen (secondary N) is 2. The molecule has 134 valence electrons. The van der Waals surface area contributed by atoms with Crippen molar-refractivity contribution in [3.63, 3.8) is 0 Å². The van der Waals surface area contributed by atoms with Gasteiger partial charge in [-0.25, -0.2) is 4.39 Å². The molecule has 0 aromatic heterocycles. The Morgan fingerprint density at radius 3 is 2.58 bits per heavy atom. The number of benzene rings is 2. The third-order valence-electron chi connectivity index (χ3n) is 4.54. The minimum atomic E-state index is -0.366. The molecule has 2 N–H and O–H groups in total. The largest absolute Gasteiger partial charge is 0.347 e. The summed E-state index contributed by atoms with van der Waals surface area (Å²) < 4.78 is 13.6. The fourth-order valence-electron chi connectivity index (χ4n) is 3.22. The molecule has 0 aliphatic carbocycles. The van der Waals surface area contributed by atoms with E-state index in [9.17, 15) is 4.39 Å². The van der Waals surface area contributed by atoms with Crippen molar-refractivity contribution in [3.8, 4) is 0 Å². The van der Waals surface area contributed by atoms with E-state index in [1.807, 2.05) is 19.2 Å². The van der Waals surface area contributed by atoms with Gasteiger partial charge in [0.1, 0.15) is 5.82 Å². The zero-order chi connectivity index (χ0) is 18.7. The number of hydrogen-bond acceptors (Lipinski definition) is 3. The van der Waals surface area contributed by atoms with Gasteiger partial charge in [-0.05, 0) is 42.1 Å². The summed E-state index contributed by atoms with van der Waals surface area (Å²) >= 11 is 5.14. The lowest BCUT2D eigenvalue weighted by Crippen LogP contribution is -2.25. The number of anilines is 2. The van der Waals surface area contributed by atoms with Crippen molar-refractivity contribution in [2.75, 3.05) is 17.3 Å². The van der Waals surface area contributed by atoms with Gasteiger partial charge in [-0.2, -0.15) is 5.10 Å². The number of halogens is 1. The van der Waals surface area contributed by atoms with Gasteiger partial charge in [0, 0.05) is 30.1 Å². The van der Waals surface area contributed by atoms with Crippen LogP contribution in [0.5, 0.6) is 0 Å². The molecular weight excluding hydrogens is 347 g/mol. The van der Waals surface area contributed by atoms with Crippen LogP contribution in [0.1, 0.15) is 19.4 Å². The van der Waals surface area contributed by atoms with Crippen LogP contribution in [0.15, 0.2) is 65.4 Å². The number of allylic oxidation sites excluding steroid dienone is 2. The maximum atomic E-state index is 13.6. The third kappa shape index (κ3) is 3.46. The van der Waals surface area contributed by atoms with Crippen LogP contribution < -0.4 is 15.6 Å². The van der Waals surface area contributed by atoms with Crippen molar-refractivity contribution >= 4 is 34.9 Å². The van der Waals surface area contributed by atoms with E-state index in [1.54, 1.807) is 24.4 Å². The number of hydrazone groups is 1. The van der Waals surface area contributed by atoms with Crippen LogP contribution in [-0.4, -0.2) is 18.4 Å². The van der Waals surface area contributed by atoms with Crippen molar-refractivity contribution < 1.29 is 4.39 Å². The average Bonchev–Trinajstić information content (AvgIpc) is 2.81. The predicted molar refractivity (Wildman–Crippen MR) is 110 cm³/mol. The highest BCUT2D eigenvalue weighted by molar-refractivity contribution is 7.80. The second-order valence-corrected chi connectivity index (χ2v) is 6.99. The molecule has 3 rings (SSSR count). The van der Waals surface area contributed by atoms with Gasteiger partial charge in [0.2, 0.25) is 0 Å². The second kappa shape index (κ2) is 7.25. The normalized spacial score (nSPS) is 16.8. The van der Waals surface area contributed by atoms with Gasteiger partial charge in [-0.3, -0.25) is 5.43 Å². The fourth-order valence-corrected chi connectivity index (χ4v) is 3.38. The summed E-state index contributed by atoms with van der Waals surface area (Å²) in [6.45, 7) is 4.37. The lowest BCUT2D eigenvalue weighted by Gasteiger charge is -2.23. The first-order valence-corrected chi connectivity index (χ1v) is 8.70. The highest BCUT2D eigenvalue weighted by Crippen LogP contribution is 2.46. The zero-order valence-electron chi connectivity index (χ0n) is 15.0. The van der Waals surface area contributed by atoms with Gasteiger partial charge < -0.3 is 10.2 Å². The van der Waals surface area contributed by atoms with Gasteiger partial charge in [0.25, 0.3) is 0 Å². The van der Waals surface area contributed by atoms with Crippen LogP contribution >= 0.6 is 12.2 Å². The van der Waals surface area contributed by atoms with E-state index < -0.39 is 0 Å². The summed E-state index contributed by atoms with van der Waals surface area (Å²) in [5.74, 6) is -0.366. The topological polar surface area (TPSA) is 39.7 Å². The standard InChI is InChI=1S/C20H21FN4S/c1-20(2)14-8-4-7-11-17(14)25(3)18(20)12-13-22-24-19(26)23-16-10-6-5-9-15(16)21/h4-13H,1-3H3,(H2,23,24,26)/b18-12+,22-13+. The monoisotopic (exact) mass is 368 g/mol. The second-order valence-electron chi connectivity index (χ2n) is 6.58. The van der Waals surface area contributed by atoms with Crippen molar-refractivity contribution in [1.29, 1.82) is 0 Å². The van der Waals surface area contributed by atoms with Crippen LogP contribution in [0.3, 0.4) is 0 Å². The SMILES string of the molecule is CN1/C(=C/C=N/NC(=S)Nc2ccccc2F)C(C)(C)c2ccccc21. The van der Waals surface area contributed by atoms with Crippen LogP contribution in [0, 0.1) is 5.82 Å². The van der Waals surface area contributed by atoms with E-state index in [0.717, 1.165) is 5.70 Å². The van der Waals surface area contributed by atoms with Crippen LogP contribution in [0.4, 0.5) is 15.8 Å². The summed E-state index contributed by atoms with van der Waals surface area (Å²) in [7, 11) is 2.05. The van der Waals surface area contributed by atoms with Gasteiger partial charge >= 0.3 is 0 Å². The van der Waals surface area contributed by atoms with Crippen LogP contribution in [-0.2, 0) is 5.41 Å². The first kappa shape index (κ1) is 18.1. The lowest BCUT2D eigenvalue weighted by molar-refractivity contribution is 0.632. The lowest BCUT2D eigenvalue weighted by atomic mass is 9.84. The van der Waals surface area contributed by atoms with Crippen molar-refractivity contribution in [2.24, 2.45) is 5.10 Å². The molecule has 0 atom stereocenters. The maximum Gasteiger partial charge on any atom is 0.191 e. The molecule has 4 nitrogen and oxygen atoms in total. The van der Waals surface area contributed by atoms with Crippen LogP contribution in [0.25, 0.3) is 0 Å². The number of nitrogens with zero attached hydrogens (tertiary/aromatic N) is 2. The number of hydrogen-bond donors (Lipinski definition) is 2. The summed E-state index contributed by atoms with van der Waals surface area (Å²) in [6, 6.07) is 14.7. The first-order chi connectivity index (χ1) is 12.4. The molecule has 0 bridgehead atoms.